The lowest BCUT2D eigenvalue weighted by Gasteiger charge is -2.11. The minimum Gasteiger partial charge on any atom is -0.364 e. The molecule has 1 atom stereocenters. The molecule has 70 valence electrons. The smallest absolute Gasteiger partial charge is 0.165 e. The molecule has 0 bridgehead atoms. The van der Waals surface area contributed by atoms with Gasteiger partial charge in [-0.1, -0.05) is 0 Å². The van der Waals surface area contributed by atoms with E-state index in [4.69, 9.17) is 0 Å². The molecule has 0 amide bonds. The predicted octanol–water partition coefficient (Wildman–Crippen LogP) is 0.994. The highest BCUT2D eigenvalue weighted by Gasteiger charge is 2.15. The van der Waals surface area contributed by atoms with Crippen LogP contribution in [0.5, 0.6) is 0 Å². The monoisotopic (exact) mass is 181 g/mol. The molecule has 4 heteroatoms. The molecule has 2 heterocycles. The summed E-state index contributed by atoms with van der Waals surface area (Å²) in [5.74, 6) is 0.0746. The third kappa shape index (κ3) is 1.95. The van der Waals surface area contributed by atoms with Crippen molar-refractivity contribution in [1.82, 2.24) is 10.3 Å². The third-order valence-corrected chi connectivity index (χ3v) is 2.16. The van der Waals surface area contributed by atoms with Crippen molar-refractivity contribution < 1.29 is 4.39 Å². The number of nitrogens with one attached hydrogen (secondary N) is 2. The van der Waals surface area contributed by atoms with E-state index in [2.05, 4.69) is 15.6 Å². The number of halogens is 1. The second-order valence-corrected chi connectivity index (χ2v) is 3.17. The Morgan fingerprint density at radius 3 is 3.23 bits per heavy atom. The Balaban J connectivity index is 2.04. The highest BCUT2D eigenvalue weighted by molar-refractivity contribution is 5.36. The van der Waals surface area contributed by atoms with Crippen molar-refractivity contribution in [1.29, 1.82) is 0 Å². The van der Waals surface area contributed by atoms with Crippen molar-refractivity contribution in [3.05, 3.63) is 24.1 Å². The summed E-state index contributed by atoms with van der Waals surface area (Å²) in [6.07, 6.45) is 2.61. The van der Waals surface area contributed by atoms with Crippen LogP contribution in [-0.2, 0) is 0 Å². The van der Waals surface area contributed by atoms with Gasteiger partial charge < -0.3 is 10.6 Å². The summed E-state index contributed by atoms with van der Waals surface area (Å²) in [5.41, 5.74) is 0. The zero-order chi connectivity index (χ0) is 9.10. The summed E-state index contributed by atoms with van der Waals surface area (Å²) in [6, 6.07) is 3.31. The topological polar surface area (TPSA) is 37.0 Å². The molecule has 13 heavy (non-hydrogen) atoms. The Bertz CT molecular complexity index is 284. The van der Waals surface area contributed by atoms with E-state index in [-0.39, 0.29) is 5.82 Å². The van der Waals surface area contributed by atoms with E-state index in [0.717, 1.165) is 19.5 Å². The largest absolute Gasteiger partial charge is 0.364 e. The van der Waals surface area contributed by atoms with Crippen LogP contribution >= 0.6 is 0 Å². The van der Waals surface area contributed by atoms with Gasteiger partial charge in [0.05, 0.1) is 0 Å². The first-order chi connectivity index (χ1) is 6.36. The normalized spacial score (nSPS) is 21.8. The zero-order valence-electron chi connectivity index (χ0n) is 7.26. The van der Waals surface area contributed by atoms with Gasteiger partial charge >= 0.3 is 0 Å². The Labute approximate surface area is 76.4 Å². The minimum absolute atomic E-state index is 0.283. The number of pyridine rings is 1. The molecule has 2 rings (SSSR count). The summed E-state index contributed by atoms with van der Waals surface area (Å²) >= 11 is 0. The van der Waals surface area contributed by atoms with E-state index in [9.17, 15) is 4.39 Å². The molecule has 0 aromatic carbocycles. The van der Waals surface area contributed by atoms with E-state index in [1.807, 2.05) is 0 Å². The third-order valence-electron chi connectivity index (χ3n) is 2.16. The van der Waals surface area contributed by atoms with Crippen molar-refractivity contribution in [2.75, 3.05) is 18.4 Å². The van der Waals surface area contributed by atoms with Crippen LogP contribution in [0.15, 0.2) is 18.3 Å². The van der Waals surface area contributed by atoms with Crippen molar-refractivity contribution in [3.8, 4) is 0 Å². The highest BCUT2D eigenvalue weighted by atomic mass is 19.1. The summed E-state index contributed by atoms with van der Waals surface area (Å²) in [4.78, 5) is 3.93. The van der Waals surface area contributed by atoms with Crippen LogP contribution in [0.3, 0.4) is 0 Å². The standard InChI is InChI=1S/C9H12FN3/c10-8-2-1-4-12-9(8)13-7-3-5-11-6-7/h1-2,4,7,11H,3,5-6H2,(H,12,13). The first-order valence-electron chi connectivity index (χ1n) is 4.44. The minimum atomic E-state index is -0.283. The molecular weight excluding hydrogens is 169 g/mol. The summed E-state index contributed by atoms with van der Waals surface area (Å²) < 4.78 is 13.1. The van der Waals surface area contributed by atoms with E-state index in [1.54, 1.807) is 12.3 Å². The molecule has 1 aliphatic heterocycles. The average molecular weight is 181 g/mol. The van der Waals surface area contributed by atoms with Gasteiger partial charge in [0.1, 0.15) is 0 Å². The van der Waals surface area contributed by atoms with Crippen LogP contribution in [0, 0.1) is 5.82 Å². The van der Waals surface area contributed by atoms with Crippen LogP contribution < -0.4 is 10.6 Å². The molecule has 2 N–H and O–H groups in total. The zero-order valence-corrected chi connectivity index (χ0v) is 7.26. The van der Waals surface area contributed by atoms with Crippen LogP contribution in [0.25, 0.3) is 0 Å². The first kappa shape index (κ1) is 8.44. The number of rotatable bonds is 2. The van der Waals surface area contributed by atoms with Gasteiger partial charge in [-0.05, 0) is 25.1 Å². The molecule has 1 aliphatic rings. The van der Waals surface area contributed by atoms with Gasteiger partial charge in [0, 0.05) is 18.8 Å². The fraction of sp³-hybridized carbons (Fsp3) is 0.444. The van der Waals surface area contributed by atoms with E-state index in [0.29, 0.717) is 11.9 Å². The quantitative estimate of drug-likeness (QED) is 0.714. The highest BCUT2D eigenvalue weighted by Crippen LogP contribution is 2.12. The maximum absolute atomic E-state index is 13.1. The molecule has 0 aliphatic carbocycles. The SMILES string of the molecule is Fc1cccnc1NC1CCNC1. The second-order valence-electron chi connectivity index (χ2n) is 3.17. The molecule has 1 saturated heterocycles. The average Bonchev–Trinajstić information content (AvgIpc) is 2.61. The Morgan fingerprint density at radius 1 is 1.62 bits per heavy atom. The maximum atomic E-state index is 13.1. The molecule has 1 aromatic rings. The van der Waals surface area contributed by atoms with Crippen molar-refractivity contribution in [2.45, 2.75) is 12.5 Å². The number of aromatic nitrogens is 1. The molecule has 0 radical (unpaired) electrons. The van der Waals surface area contributed by atoms with Gasteiger partial charge in [-0.3, -0.25) is 0 Å². The molecular formula is C9H12FN3. The van der Waals surface area contributed by atoms with Gasteiger partial charge in [0.15, 0.2) is 11.6 Å². The molecule has 0 spiro atoms. The van der Waals surface area contributed by atoms with Crippen molar-refractivity contribution in [2.24, 2.45) is 0 Å². The van der Waals surface area contributed by atoms with Gasteiger partial charge in [-0.25, -0.2) is 9.37 Å². The van der Waals surface area contributed by atoms with E-state index < -0.39 is 0 Å². The molecule has 0 saturated carbocycles. The van der Waals surface area contributed by atoms with Crippen molar-refractivity contribution >= 4 is 5.82 Å². The van der Waals surface area contributed by atoms with E-state index >= 15 is 0 Å². The first-order valence-corrected chi connectivity index (χ1v) is 4.44. The fourth-order valence-corrected chi connectivity index (χ4v) is 1.46. The predicted molar refractivity (Wildman–Crippen MR) is 49.1 cm³/mol. The number of hydrogen-bond acceptors (Lipinski definition) is 3. The lowest BCUT2D eigenvalue weighted by atomic mass is 10.2. The van der Waals surface area contributed by atoms with Crippen LogP contribution in [0.1, 0.15) is 6.42 Å². The molecule has 1 aromatic heterocycles. The summed E-state index contributed by atoms with van der Waals surface area (Å²) in [7, 11) is 0. The molecule has 3 nitrogen and oxygen atoms in total. The van der Waals surface area contributed by atoms with Gasteiger partial charge in [-0.2, -0.15) is 0 Å². The Morgan fingerprint density at radius 2 is 2.54 bits per heavy atom. The molecule has 1 unspecified atom stereocenters. The van der Waals surface area contributed by atoms with Crippen molar-refractivity contribution in [3.63, 3.8) is 0 Å². The lowest BCUT2D eigenvalue weighted by molar-refractivity contribution is 0.619. The maximum Gasteiger partial charge on any atom is 0.165 e. The van der Waals surface area contributed by atoms with Crippen LogP contribution in [0.4, 0.5) is 10.2 Å². The Kier molecular flexibility index (Phi) is 2.40. The van der Waals surface area contributed by atoms with Crippen LogP contribution in [-0.4, -0.2) is 24.1 Å². The number of nitrogens with zero attached hydrogens (tertiary/aromatic N) is 1. The second kappa shape index (κ2) is 3.70. The van der Waals surface area contributed by atoms with Gasteiger partial charge in [0.2, 0.25) is 0 Å². The lowest BCUT2D eigenvalue weighted by Crippen LogP contribution is -2.23. The molecule has 1 fully saturated rings. The van der Waals surface area contributed by atoms with Crippen LogP contribution in [0.2, 0.25) is 0 Å². The number of anilines is 1. The fourth-order valence-electron chi connectivity index (χ4n) is 1.46. The summed E-state index contributed by atoms with van der Waals surface area (Å²) in [5, 5.41) is 6.26. The summed E-state index contributed by atoms with van der Waals surface area (Å²) in [6.45, 7) is 1.88. The van der Waals surface area contributed by atoms with Gasteiger partial charge in [-0.15, -0.1) is 0 Å². The van der Waals surface area contributed by atoms with E-state index in [1.165, 1.54) is 6.07 Å². The Hall–Kier alpha value is -1.16. The number of hydrogen-bond donors (Lipinski definition) is 2. The van der Waals surface area contributed by atoms with Gasteiger partial charge in [0.25, 0.3) is 0 Å².